The summed E-state index contributed by atoms with van der Waals surface area (Å²) < 4.78 is 19.3. The predicted octanol–water partition coefficient (Wildman–Crippen LogP) is 1.72. The lowest BCUT2D eigenvalue weighted by Crippen LogP contribution is -2.49. The van der Waals surface area contributed by atoms with Crippen molar-refractivity contribution in [1.82, 2.24) is 14.9 Å². The van der Waals surface area contributed by atoms with E-state index in [1.807, 2.05) is 17.9 Å². The predicted molar refractivity (Wildman–Crippen MR) is 104 cm³/mol. The van der Waals surface area contributed by atoms with E-state index in [9.17, 15) is 9.18 Å². The molecule has 2 aliphatic rings. The number of ether oxygens (including phenoxy) is 1. The first kappa shape index (κ1) is 18.6. The van der Waals surface area contributed by atoms with Gasteiger partial charge in [-0.15, -0.1) is 0 Å². The summed E-state index contributed by atoms with van der Waals surface area (Å²) in [6, 6.07) is 6.74. The number of piperazine rings is 1. The van der Waals surface area contributed by atoms with Gasteiger partial charge in [-0.2, -0.15) is 0 Å². The van der Waals surface area contributed by atoms with Gasteiger partial charge in [0.05, 0.1) is 30.2 Å². The highest BCUT2D eigenvalue weighted by Crippen LogP contribution is 2.21. The molecule has 3 heterocycles. The van der Waals surface area contributed by atoms with E-state index in [-0.39, 0.29) is 11.7 Å². The highest BCUT2D eigenvalue weighted by molar-refractivity contribution is 5.95. The summed E-state index contributed by atoms with van der Waals surface area (Å²) in [4.78, 5) is 27.7. The quantitative estimate of drug-likeness (QED) is 0.802. The van der Waals surface area contributed by atoms with Crippen molar-refractivity contribution in [3.63, 3.8) is 0 Å². The number of halogens is 1. The van der Waals surface area contributed by atoms with Gasteiger partial charge in [-0.25, -0.2) is 14.4 Å². The Hall–Kier alpha value is -2.74. The fraction of sp³-hybridized carbons (Fsp3) is 0.450. The molecule has 8 heteroatoms. The van der Waals surface area contributed by atoms with Gasteiger partial charge in [0, 0.05) is 45.5 Å². The van der Waals surface area contributed by atoms with Gasteiger partial charge in [-0.3, -0.25) is 4.79 Å². The molecule has 1 amide bonds. The number of hydrogen-bond donors (Lipinski definition) is 0. The molecule has 2 fully saturated rings. The standard InChI is InChI=1S/C20H24FN5O2/c1-15-16(14-22-20(23-15)26-10-12-28-13-11-26)19(27)25-8-6-24(7-9-25)18-5-3-2-4-17(18)21/h2-5,14H,6-13H2,1H3. The summed E-state index contributed by atoms with van der Waals surface area (Å²) >= 11 is 0. The van der Waals surface area contributed by atoms with Crippen LogP contribution in [-0.2, 0) is 4.74 Å². The zero-order valence-electron chi connectivity index (χ0n) is 16.0. The molecule has 0 bridgehead atoms. The average Bonchev–Trinajstić information content (AvgIpc) is 2.74. The lowest BCUT2D eigenvalue weighted by Gasteiger charge is -2.36. The summed E-state index contributed by atoms with van der Waals surface area (Å²) in [5.74, 6) is 0.339. The maximum atomic E-state index is 14.0. The molecule has 2 aromatic rings. The number of aryl methyl sites for hydroxylation is 1. The second-order valence-corrected chi connectivity index (χ2v) is 7.00. The Labute approximate surface area is 163 Å². The molecule has 1 aromatic carbocycles. The molecule has 1 aromatic heterocycles. The normalized spacial score (nSPS) is 17.7. The lowest BCUT2D eigenvalue weighted by atomic mass is 10.2. The first-order chi connectivity index (χ1) is 13.6. The first-order valence-electron chi connectivity index (χ1n) is 9.58. The molecule has 0 unspecified atom stereocenters. The van der Waals surface area contributed by atoms with Gasteiger partial charge in [0.2, 0.25) is 5.95 Å². The minimum Gasteiger partial charge on any atom is -0.378 e. The van der Waals surface area contributed by atoms with Crippen molar-refractivity contribution < 1.29 is 13.9 Å². The fourth-order valence-corrected chi connectivity index (χ4v) is 3.61. The molecule has 4 rings (SSSR count). The summed E-state index contributed by atoms with van der Waals surface area (Å²) in [6.07, 6.45) is 1.62. The molecular weight excluding hydrogens is 361 g/mol. The van der Waals surface area contributed by atoms with E-state index in [2.05, 4.69) is 14.9 Å². The third-order valence-corrected chi connectivity index (χ3v) is 5.25. The minimum absolute atomic E-state index is 0.0702. The molecule has 0 aliphatic carbocycles. The molecular formula is C20H24FN5O2. The number of carbonyl (C=O) groups is 1. The Morgan fingerprint density at radius 3 is 2.43 bits per heavy atom. The summed E-state index contributed by atoms with van der Waals surface area (Å²) in [5.41, 5.74) is 1.79. The number of para-hydroxylation sites is 1. The van der Waals surface area contributed by atoms with Crippen LogP contribution < -0.4 is 9.80 Å². The minimum atomic E-state index is -0.231. The van der Waals surface area contributed by atoms with Crippen molar-refractivity contribution in [3.05, 3.63) is 47.5 Å². The third-order valence-electron chi connectivity index (χ3n) is 5.25. The summed E-state index contributed by atoms with van der Waals surface area (Å²) in [7, 11) is 0. The third kappa shape index (κ3) is 3.77. The zero-order valence-corrected chi connectivity index (χ0v) is 16.0. The van der Waals surface area contributed by atoms with E-state index in [4.69, 9.17) is 4.74 Å². The Morgan fingerprint density at radius 2 is 1.75 bits per heavy atom. The fourth-order valence-electron chi connectivity index (χ4n) is 3.61. The van der Waals surface area contributed by atoms with Crippen molar-refractivity contribution >= 4 is 17.5 Å². The maximum absolute atomic E-state index is 14.0. The average molecular weight is 385 g/mol. The van der Waals surface area contributed by atoms with Crippen molar-refractivity contribution in [1.29, 1.82) is 0 Å². The lowest BCUT2D eigenvalue weighted by molar-refractivity contribution is 0.0745. The SMILES string of the molecule is Cc1nc(N2CCOCC2)ncc1C(=O)N1CCN(c2ccccc2F)CC1. The van der Waals surface area contributed by atoms with Gasteiger partial charge in [0.25, 0.3) is 5.91 Å². The number of nitrogens with zero attached hydrogens (tertiary/aromatic N) is 5. The van der Waals surface area contributed by atoms with E-state index < -0.39 is 0 Å². The molecule has 0 radical (unpaired) electrons. The van der Waals surface area contributed by atoms with Crippen molar-refractivity contribution in [3.8, 4) is 0 Å². The molecule has 148 valence electrons. The maximum Gasteiger partial charge on any atom is 0.257 e. The van der Waals surface area contributed by atoms with Crippen molar-refractivity contribution in [2.45, 2.75) is 6.92 Å². The van der Waals surface area contributed by atoms with Gasteiger partial charge in [-0.05, 0) is 19.1 Å². The number of hydrogen-bond acceptors (Lipinski definition) is 6. The van der Waals surface area contributed by atoms with Crippen LogP contribution in [-0.4, -0.2) is 73.3 Å². The smallest absolute Gasteiger partial charge is 0.257 e. The van der Waals surface area contributed by atoms with Crippen LogP contribution in [0.15, 0.2) is 30.5 Å². The van der Waals surface area contributed by atoms with Gasteiger partial charge in [0.1, 0.15) is 5.82 Å². The van der Waals surface area contributed by atoms with E-state index in [1.165, 1.54) is 6.07 Å². The number of benzene rings is 1. The summed E-state index contributed by atoms with van der Waals surface area (Å²) in [6.45, 7) is 6.95. The van der Waals surface area contributed by atoms with Crippen LogP contribution in [0, 0.1) is 12.7 Å². The van der Waals surface area contributed by atoms with Crippen LogP contribution >= 0.6 is 0 Å². The first-order valence-corrected chi connectivity index (χ1v) is 9.58. The van der Waals surface area contributed by atoms with Crippen LogP contribution in [0.2, 0.25) is 0 Å². The van der Waals surface area contributed by atoms with Crippen molar-refractivity contribution in [2.24, 2.45) is 0 Å². The van der Waals surface area contributed by atoms with E-state index in [0.717, 1.165) is 13.1 Å². The number of amides is 1. The molecule has 0 saturated carbocycles. The summed E-state index contributed by atoms with van der Waals surface area (Å²) in [5, 5.41) is 0. The van der Waals surface area contributed by atoms with Gasteiger partial charge in [-0.1, -0.05) is 12.1 Å². The highest BCUT2D eigenvalue weighted by Gasteiger charge is 2.25. The van der Waals surface area contributed by atoms with Gasteiger partial charge < -0.3 is 19.4 Å². The Morgan fingerprint density at radius 1 is 1.04 bits per heavy atom. The molecule has 0 spiro atoms. The van der Waals surface area contributed by atoms with E-state index >= 15 is 0 Å². The number of morpholine rings is 1. The van der Waals surface area contributed by atoms with Crippen LogP contribution in [0.1, 0.15) is 16.1 Å². The Bertz CT molecular complexity index is 848. The topological polar surface area (TPSA) is 61.8 Å². The van der Waals surface area contributed by atoms with Crippen molar-refractivity contribution in [2.75, 3.05) is 62.3 Å². The highest BCUT2D eigenvalue weighted by atomic mass is 19.1. The number of carbonyl (C=O) groups excluding carboxylic acids is 1. The van der Waals surface area contributed by atoms with Gasteiger partial charge >= 0.3 is 0 Å². The molecule has 0 atom stereocenters. The number of rotatable bonds is 3. The van der Waals surface area contributed by atoms with Crippen LogP contribution in [0.4, 0.5) is 16.0 Å². The van der Waals surface area contributed by atoms with Crippen LogP contribution in [0.25, 0.3) is 0 Å². The number of aromatic nitrogens is 2. The number of anilines is 2. The van der Waals surface area contributed by atoms with E-state index in [1.54, 1.807) is 23.2 Å². The monoisotopic (exact) mass is 385 g/mol. The second-order valence-electron chi connectivity index (χ2n) is 7.00. The van der Waals surface area contributed by atoms with E-state index in [0.29, 0.717) is 62.3 Å². The molecule has 28 heavy (non-hydrogen) atoms. The molecule has 2 saturated heterocycles. The zero-order chi connectivity index (χ0) is 19.5. The largest absolute Gasteiger partial charge is 0.378 e. The molecule has 7 nitrogen and oxygen atoms in total. The second kappa shape index (κ2) is 8.10. The van der Waals surface area contributed by atoms with Crippen LogP contribution in [0.5, 0.6) is 0 Å². The Balaban J connectivity index is 1.42. The van der Waals surface area contributed by atoms with Gasteiger partial charge in [0.15, 0.2) is 0 Å². The Kier molecular flexibility index (Phi) is 5.38. The molecule has 2 aliphatic heterocycles. The molecule has 0 N–H and O–H groups in total. The van der Waals surface area contributed by atoms with Crippen LogP contribution in [0.3, 0.4) is 0 Å².